The highest BCUT2D eigenvalue weighted by molar-refractivity contribution is 5.62. The van der Waals surface area contributed by atoms with E-state index in [-0.39, 0.29) is 0 Å². The zero-order chi connectivity index (χ0) is 11.9. The molecule has 1 fully saturated rings. The van der Waals surface area contributed by atoms with Crippen molar-refractivity contribution in [2.75, 3.05) is 5.32 Å². The van der Waals surface area contributed by atoms with E-state index < -0.39 is 0 Å². The summed E-state index contributed by atoms with van der Waals surface area (Å²) in [6.45, 7) is 4.63. The molecule has 1 saturated carbocycles. The molecule has 1 N–H and O–H groups in total. The molecule has 17 heavy (non-hydrogen) atoms. The third-order valence-electron chi connectivity index (χ3n) is 4.73. The van der Waals surface area contributed by atoms with Gasteiger partial charge in [-0.1, -0.05) is 44.4 Å². The lowest BCUT2D eigenvalue weighted by atomic mass is 9.71. The third kappa shape index (κ3) is 1.86. The summed E-state index contributed by atoms with van der Waals surface area (Å²) < 4.78 is 0. The number of benzene rings is 1. The Balaban J connectivity index is 1.99. The van der Waals surface area contributed by atoms with Crippen LogP contribution in [0.15, 0.2) is 18.2 Å². The van der Waals surface area contributed by atoms with Crippen molar-refractivity contribution in [1.82, 2.24) is 0 Å². The summed E-state index contributed by atoms with van der Waals surface area (Å²) in [6.07, 6.45) is 8.29. The molecular weight excluding hydrogens is 206 g/mol. The number of para-hydroxylation sites is 1. The van der Waals surface area contributed by atoms with Gasteiger partial charge in [0.2, 0.25) is 0 Å². The summed E-state index contributed by atoms with van der Waals surface area (Å²) >= 11 is 0. The summed E-state index contributed by atoms with van der Waals surface area (Å²) in [5, 5.41) is 3.91. The fourth-order valence-corrected chi connectivity index (χ4v) is 3.84. The minimum atomic E-state index is 0.413. The lowest BCUT2D eigenvalue weighted by molar-refractivity contribution is 0.281. The smallest absolute Gasteiger partial charge is 0.0409 e. The summed E-state index contributed by atoms with van der Waals surface area (Å²) in [6, 6.07) is 6.74. The van der Waals surface area contributed by atoms with Crippen LogP contribution in [0.3, 0.4) is 0 Å². The SMILES string of the molecule is Cc1cccc2c1NC1(CCCCC1)C[C@@H]2C. The van der Waals surface area contributed by atoms with Gasteiger partial charge >= 0.3 is 0 Å². The molecular formula is C16H23N. The van der Waals surface area contributed by atoms with Gasteiger partial charge in [-0.3, -0.25) is 0 Å². The molecule has 1 spiro atoms. The first-order valence-electron chi connectivity index (χ1n) is 7.08. The predicted octanol–water partition coefficient (Wildman–Crippen LogP) is 4.62. The van der Waals surface area contributed by atoms with Crippen molar-refractivity contribution in [2.45, 2.75) is 63.8 Å². The van der Waals surface area contributed by atoms with E-state index >= 15 is 0 Å². The van der Waals surface area contributed by atoms with Crippen molar-refractivity contribution in [3.63, 3.8) is 0 Å². The zero-order valence-corrected chi connectivity index (χ0v) is 11.1. The van der Waals surface area contributed by atoms with Crippen LogP contribution in [0.4, 0.5) is 5.69 Å². The van der Waals surface area contributed by atoms with Crippen molar-refractivity contribution in [3.8, 4) is 0 Å². The van der Waals surface area contributed by atoms with Gasteiger partial charge in [-0.25, -0.2) is 0 Å². The van der Waals surface area contributed by atoms with Crippen molar-refractivity contribution in [1.29, 1.82) is 0 Å². The van der Waals surface area contributed by atoms with Crippen molar-refractivity contribution < 1.29 is 0 Å². The summed E-state index contributed by atoms with van der Waals surface area (Å²) in [5.74, 6) is 0.712. The first-order chi connectivity index (χ1) is 8.20. The topological polar surface area (TPSA) is 12.0 Å². The van der Waals surface area contributed by atoms with Gasteiger partial charge in [0.1, 0.15) is 0 Å². The largest absolute Gasteiger partial charge is 0.379 e. The number of nitrogens with one attached hydrogen (secondary N) is 1. The molecule has 1 heteroatoms. The van der Waals surface area contributed by atoms with Crippen LogP contribution >= 0.6 is 0 Å². The predicted molar refractivity (Wildman–Crippen MR) is 73.6 cm³/mol. The van der Waals surface area contributed by atoms with Crippen molar-refractivity contribution in [2.24, 2.45) is 0 Å². The fourth-order valence-electron chi connectivity index (χ4n) is 3.84. The van der Waals surface area contributed by atoms with E-state index in [1.807, 2.05) is 0 Å². The maximum absolute atomic E-state index is 3.91. The second-order valence-electron chi connectivity index (χ2n) is 6.11. The van der Waals surface area contributed by atoms with E-state index in [1.54, 1.807) is 0 Å². The second-order valence-corrected chi connectivity index (χ2v) is 6.11. The summed E-state index contributed by atoms with van der Waals surface area (Å²) in [5.41, 5.74) is 4.80. The number of rotatable bonds is 0. The number of hydrogen-bond acceptors (Lipinski definition) is 1. The number of fused-ring (bicyclic) bond motifs is 1. The lowest BCUT2D eigenvalue weighted by Crippen LogP contribution is -2.44. The zero-order valence-electron chi connectivity index (χ0n) is 11.1. The van der Waals surface area contributed by atoms with E-state index in [2.05, 4.69) is 37.4 Å². The monoisotopic (exact) mass is 229 g/mol. The first kappa shape index (κ1) is 11.1. The van der Waals surface area contributed by atoms with Gasteiger partial charge in [0.05, 0.1) is 0 Å². The third-order valence-corrected chi connectivity index (χ3v) is 4.73. The quantitative estimate of drug-likeness (QED) is 0.684. The minimum absolute atomic E-state index is 0.413. The molecule has 3 rings (SSSR count). The Morgan fingerprint density at radius 2 is 1.94 bits per heavy atom. The molecule has 92 valence electrons. The summed E-state index contributed by atoms with van der Waals surface area (Å²) in [4.78, 5) is 0. The standard InChI is InChI=1S/C16H23N/c1-12-7-6-8-14-13(2)11-16(17-15(12)14)9-4-3-5-10-16/h6-8,13,17H,3-5,9-11H2,1-2H3/t13-/m0/s1. The average Bonchev–Trinajstić information content (AvgIpc) is 2.32. The van der Waals surface area contributed by atoms with Crippen LogP contribution in [0.5, 0.6) is 0 Å². The van der Waals surface area contributed by atoms with Gasteiger partial charge in [0, 0.05) is 11.2 Å². The Hall–Kier alpha value is -0.980. The van der Waals surface area contributed by atoms with Crippen molar-refractivity contribution >= 4 is 5.69 Å². The Bertz CT molecular complexity index is 416. The normalized spacial score (nSPS) is 26.4. The van der Waals surface area contributed by atoms with Gasteiger partial charge in [0.25, 0.3) is 0 Å². The van der Waals surface area contributed by atoms with Gasteiger partial charge in [-0.05, 0) is 43.2 Å². The molecule has 1 aromatic carbocycles. The Morgan fingerprint density at radius 3 is 2.71 bits per heavy atom. The molecule has 0 radical (unpaired) electrons. The van der Waals surface area contributed by atoms with Gasteiger partial charge in [-0.15, -0.1) is 0 Å². The Kier molecular flexibility index (Phi) is 2.65. The molecule has 2 aliphatic rings. The van der Waals surface area contributed by atoms with Gasteiger partial charge < -0.3 is 5.32 Å². The van der Waals surface area contributed by atoms with Crippen LogP contribution < -0.4 is 5.32 Å². The molecule has 0 saturated heterocycles. The van der Waals surface area contributed by atoms with Crippen LogP contribution in [0, 0.1) is 6.92 Å². The molecule has 1 nitrogen and oxygen atoms in total. The highest BCUT2D eigenvalue weighted by Gasteiger charge is 2.38. The maximum atomic E-state index is 3.91. The number of anilines is 1. The van der Waals surface area contributed by atoms with Crippen LogP contribution in [0.1, 0.15) is 62.5 Å². The molecule has 0 amide bonds. The maximum Gasteiger partial charge on any atom is 0.0409 e. The average molecular weight is 229 g/mol. The van der Waals surface area contributed by atoms with E-state index in [1.165, 1.54) is 55.3 Å². The van der Waals surface area contributed by atoms with Crippen LogP contribution in [0.2, 0.25) is 0 Å². The fraction of sp³-hybridized carbons (Fsp3) is 0.625. The molecule has 1 aromatic rings. The van der Waals surface area contributed by atoms with E-state index in [4.69, 9.17) is 0 Å². The lowest BCUT2D eigenvalue weighted by Gasteiger charge is -2.45. The van der Waals surface area contributed by atoms with E-state index in [9.17, 15) is 0 Å². The highest BCUT2D eigenvalue weighted by atomic mass is 15.0. The molecule has 1 atom stereocenters. The van der Waals surface area contributed by atoms with Gasteiger partial charge in [0.15, 0.2) is 0 Å². The summed E-state index contributed by atoms with van der Waals surface area (Å²) in [7, 11) is 0. The second kappa shape index (κ2) is 4.04. The Morgan fingerprint density at radius 1 is 1.18 bits per heavy atom. The van der Waals surface area contributed by atoms with Crippen LogP contribution in [-0.2, 0) is 0 Å². The number of hydrogen-bond donors (Lipinski definition) is 1. The molecule has 0 bridgehead atoms. The molecule has 0 aromatic heterocycles. The molecule has 0 unspecified atom stereocenters. The molecule has 1 aliphatic heterocycles. The highest BCUT2D eigenvalue weighted by Crippen LogP contribution is 2.46. The van der Waals surface area contributed by atoms with E-state index in [0.717, 1.165) is 0 Å². The van der Waals surface area contributed by atoms with E-state index in [0.29, 0.717) is 11.5 Å². The Labute approximate surface area is 105 Å². The number of aryl methyl sites for hydroxylation is 1. The molecule has 1 heterocycles. The van der Waals surface area contributed by atoms with Gasteiger partial charge in [-0.2, -0.15) is 0 Å². The van der Waals surface area contributed by atoms with Crippen LogP contribution in [-0.4, -0.2) is 5.54 Å². The minimum Gasteiger partial charge on any atom is -0.379 e. The van der Waals surface area contributed by atoms with Crippen LogP contribution in [0.25, 0.3) is 0 Å². The van der Waals surface area contributed by atoms with Crippen molar-refractivity contribution in [3.05, 3.63) is 29.3 Å². The first-order valence-corrected chi connectivity index (χ1v) is 7.08. The molecule has 1 aliphatic carbocycles.